The second-order valence-corrected chi connectivity index (χ2v) is 5.02. The zero-order valence-corrected chi connectivity index (χ0v) is 9.58. The molecule has 1 aromatic carbocycles. The van der Waals surface area contributed by atoms with E-state index in [-0.39, 0.29) is 5.92 Å². The van der Waals surface area contributed by atoms with Crippen molar-refractivity contribution < 1.29 is 8.78 Å². The molecule has 0 amide bonds. The Bertz CT molecular complexity index is 517. The van der Waals surface area contributed by atoms with Gasteiger partial charge in [-0.1, -0.05) is 13.8 Å². The Morgan fingerprint density at radius 3 is 2.53 bits per heavy atom. The first-order chi connectivity index (χ1) is 7.00. The zero-order chi connectivity index (χ0) is 11.2. The summed E-state index contributed by atoms with van der Waals surface area (Å²) in [7, 11) is 0. The van der Waals surface area contributed by atoms with Crippen LogP contribution in [-0.4, -0.2) is 4.98 Å². The predicted octanol–water partition coefficient (Wildman–Crippen LogP) is 4.01. The summed E-state index contributed by atoms with van der Waals surface area (Å²) in [6.45, 7) is 5.56. The van der Waals surface area contributed by atoms with Crippen LogP contribution in [-0.2, 0) is 0 Å². The summed E-state index contributed by atoms with van der Waals surface area (Å²) in [6, 6.07) is 0.954. The van der Waals surface area contributed by atoms with E-state index in [2.05, 4.69) is 4.98 Å². The maximum atomic E-state index is 13.6. The number of rotatable bonds is 1. The van der Waals surface area contributed by atoms with Crippen molar-refractivity contribution in [3.05, 3.63) is 28.3 Å². The minimum Gasteiger partial charge on any atom is -0.241 e. The van der Waals surface area contributed by atoms with Gasteiger partial charge in [-0.2, -0.15) is 0 Å². The molecule has 0 saturated carbocycles. The second-order valence-electron chi connectivity index (χ2n) is 3.82. The van der Waals surface area contributed by atoms with Gasteiger partial charge in [0, 0.05) is 11.6 Å². The summed E-state index contributed by atoms with van der Waals surface area (Å²) >= 11 is 1.27. The van der Waals surface area contributed by atoms with Gasteiger partial charge >= 0.3 is 0 Å². The Hall–Kier alpha value is -1.03. The minimum atomic E-state index is -0.516. The topological polar surface area (TPSA) is 12.9 Å². The SMILES string of the molecule is Cc1nc2c(C(C)C)c(F)cc(F)c2s1. The highest BCUT2D eigenvalue weighted by Gasteiger charge is 2.18. The smallest absolute Gasteiger partial charge is 0.145 e. The number of nitrogens with zero attached hydrogens (tertiary/aromatic N) is 1. The molecule has 0 aliphatic carbocycles. The number of hydrogen-bond donors (Lipinski definition) is 0. The lowest BCUT2D eigenvalue weighted by Crippen LogP contribution is -1.96. The first-order valence-corrected chi connectivity index (χ1v) is 5.57. The number of aryl methyl sites for hydroxylation is 1. The van der Waals surface area contributed by atoms with Crippen molar-refractivity contribution in [2.75, 3.05) is 0 Å². The van der Waals surface area contributed by atoms with Crippen LogP contribution in [0.1, 0.15) is 30.3 Å². The van der Waals surface area contributed by atoms with E-state index in [4.69, 9.17) is 0 Å². The molecule has 1 aromatic heterocycles. The monoisotopic (exact) mass is 227 g/mol. The largest absolute Gasteiger partial charge is 0.241 e. The molecule has 0 atom stereocenters. The van der Waals surface area contributed by atoms with Crippen molar-refractivity contribution in [1.82, 2.24) is 4.98 Å². The molecule has 0 saturated heterocycles. The standard InChI is InChI=1S/C11H11F2NS/c1-5(2)9-7(12)4-8(13)11-10(9)14-6(3)15-11/h4-5H,1-3H3. The first-order valence-electron chi connectivity index (χ1n) is 4.75. The molecule has 2 rings (SSSR count). The third kappa shape index (κ3) is 1.63. The maximum absolute atomic E-state index is 13.6. The van der Waals surface area contributed by atoms with Crippen molar-refractivity contribution in [2.45, 2.75) is 26.7 Å². The molecule has 0 radical (unpaired) electrons. The van der Waals surface area contributed by atoms with Gasteiger partial charge in [0.05, 0.1) is 15.2 Å². The summed E-state index contributed by atoms with van der Waals surface area (Å²) in [5, 5.41) is 0.761. The van der Waals surface area contributed by atoms with Crippen LogP contribution in [0, 0.1) is 18.6 Å². The minimum absolute atomic E-state index is 0.00889. The lowest BCUT2D eigenvalue weighted by molar-refractivity contribution is 0.574. The molecule has 15 heavy (non-hydrogen) atoms. The van der Waals surface area contributed by atoms with Crippen LogP contribution in [0.3, 0.4) is 0 Å². The Kier molecular flexibility index (Phi) is 2.46. The van der Waals surface area contributed by atoms with Crippen LogP contribution in [0.5, 0.6) is 0 Å². The molecule has 1 nitrogen and oxygen atoms in total. The molecule has 0 bridgehead atoms. The van der Waals surface area contributed by atoms with Crippen molar-refractivity contribution in [3.8, 4) is 0 Å². The molecule has 0 unspecified atom stereocenters. The summed E-state index contributed by atoms with van der Waals surface area (Å²) < 4.78 is 27.5. The van der Waals surface area contributed by atoms with Crippen molar-refractivity contribution in [1.29, 1.82) is 0 Å². The van der Waals surface area contributed by atoms with Crippen molar-refractivity contribution in [2.24, 2.45) is 0 Å². The molecule has 0 N–H and O–H groups in total. The second kappa shape index (κ2) is 3.52. The third-order valence-electron chi connectivity index (χ3n) is 2.29. The zero-order valence-electron chi connectivity index (χ0n) is 8.77. The van der Waals surface area contributed by atoms with Gasteiger partial charge in [-0.05, 0) is 12.8 Å². The maximum Gasteiger partial charge on any atom is 0.145 e. The molecule has 1 heterocycles. The van der Waals surface area contributed by atoms with Gasteiger partial charge in [-0.3, -0.25) is 0 Å². The number of hydrogen-bond acceptors (Lipinski definition) is 2. The van der Waals surface area contributed by atoms with E-state index in [0.717, 1.165) is 11.1 Å². The van der Waals surface area contributed by atoms with Crippen LogP contribution in [0.2, 0.25) is 0 Å². The Morgan fingerprint density at radius 1 is 1.27 bits per heavy atom. The van der Waals surface area contributed by atoms with Gasteiger partial charge in [0.1, 0.15) is 11.6 Å². The van der Waals surface area contributed by atoms with E-state index >= 15 is 0 Å². The number of aromatic nitrogens is 1. The van der Waals surface area contributed by atoms with E-state index < -0.39 is 11.6 Å². The lowest BCUT2D eigenvalue weighted by Gasteiger charge is -2.07. The fourth-order valence-electron chi connectivity index (χ4n) is 1.69. The normalized spacial score (nSPS) is 11.6. The molecule has 0 aliphatic rings. The average Bonchev–Trinajstić information content (AvgIpc) is 2.45. The van der Waals surface area contributed by atoms with E-state index in [1.165, 1.54) is 11.3 Å². The van der Waals surface area contributed by atoms with E-state index in [1.54, 1.807) is 6.92 Å². The molecular formula is C11H11F2NS. The molecular weight excluding hydrogens is 216 g/mol. The molecule has 4 heteroatoms. The molecule has 2 aromatic rings. The van der Waals surface area contributed by atoms with Gasteiger partial charge in [-0.25, -0.2) is 13.8 Å². The van der Waals surface area contributed by atoms with E-state index in [9.17, 15) is 8.78 Å². The Morgan fingerprint density at radius 2 is 1.93 bits per heavy atom. The van der Waals surface area contributed by atoms with E-state index in [1.807, 2.05) is 13.8 Å². The number of thiazole rings is 1. The Balaban J connectivity index is 2.89. The number of fused-ring (bicyclic) bond motifs is 1. The van der Waals surface area contributed by atoms with Gasteiger partial charge in [0.25, 0.3) is 0 Å². The summed E-state index contributed by atoms with van der Waals surface area (Å²) in [5.41, 5.74) is 0.987. The molecule has 0 spiro atoms. The van der Waals surface area contributed by atoms with Crippen LogP contribution in [0.15, 0.2) is 6.07 Å². The molecule has 0 aliphatic heterocycles. The van der Waals surface area contributed by atoms with Crippen LogP contribution in [0.25, 0.3) is 10.2 Å². The van der Waals surface area contributed by atoms with Crippen LogP contribution in [0.4, 0.5) is 8.78 Å². The van der Waals surface area contributed by atoms with Crippen LogP contribution < -0.4 is 0 Å². The highest BCUT2D eigenvalue weighted by atomic mass is 32.1. The molecule has 80 valence electrons. The summed E-state index contributed by atoms with van der Waals surface area (Å²) in [4.78, 5) is 4.19. The first kappa shape index (κ1) is 10.5. The fourth-order valence-corrected chi connectivity index (χ4v) is 2.53. The van der Waals surface area contributed by atoms with Gasteiger partial charge in [-0.15, -0.1) is 11.3 Å². The van der Waals surface area contributed by atoms with E-state index in [0.29, 0.717) is 15.8 Å². The van der Waals surface area contributed by atoms with Gasteiger partial charge < -0.3 is 0 Å². The van der Waals surface area contributed by atoms with Crippen LogP contribution >= 0.6 is 11.3 Å². The predicted molar refractivity (Wildman–Crippen MR) is 58.4 cm³/mol. The molecule has 0 fully saturated rings. The number of halogens is 2. The third-order valence-corrected chi connectivity index (χ3v) is 3.27. The van der Waals surface area contributed by atoms with Gasteiger partial charge in [0.15, 0.2) is 0 Å². The fraction of sp³-hybridized carbons (Fsp3) is 0.364. The van der Waals surface area contributed by atoms with Gasteiger partial charge in [0.2, 0.25) is 0 Å². The number of benzene rings is 1. The highest BCUT2D eigenvalue weighted by molar-refractivity contribution is 7.18. The van der Waals surface area contributed by atoms with Crippen molar-refractivity contribution in [3.63, 3.8) is 0 Å². The lowest BCUT2D eigenvalue weighted by atomic mass is 10.0. The van der Waals surface area contributed by atoms with Crippen molar-refractivity contribution >= 4 is 21.6 Å². The summed E-state index contributed by atoms with van der Waals surface area (Å²) in [6.07, 6.45) is 0. The summed E-state index contributed by atoms with van der Waals surface area (Å²) in [5.74, 6) is -1.01. The highest BCUT2D eigenvalue weighted by Crippen LogP contribution is 2.33. The quantitative estimate of drug-likeness (QED) is 0.717. The average molecular weight is 227 g/mol. The Labute approximate surface area is 90.8 Å².